The van der Waals surface area contributed by atoms with E-state index in [4.69, 9.17) is 9.47 Å². The third-order valence-corrected chi connectivity index (χ3v) is 8.04. The topological polar surface area (TPSA) is 98.2 Å². The van der Waals surface area contributed by atoms with Crippen LogP contribution in [0.3, 0.4) is 0 Å². The van der Waals surface area contributed by atoms with Gasteiger partial charge in [0.05, 0.1) is 16.9 Å². The summed E-state index contributed by atoms with van der Waals surface area (Å²) in [5.41, 5.74) is 4.27. The molecule has 1 aromatic heterocycles. The first-order chi connectivity index (χ1) is 22.6. The van der Waals surface area contributed by atoms with Crippen molar-refractivity contribution in [2.24, 2.45) is 0 Å². The SMILES string of the molecule is CCCCN(C)C(=O)CCCCCN(C(C)=O)c1c(-c2ccc(OC(C)=O)cc2)n(Cc2ccccc2)c2ccc(OC(C)=O)cc12. The number of benzene rings is 3. The molecule has 9 nitrogen and oxygen atoms in total. The fourth-order valence-electron chi connectivity index (χ4n) is 5.75. The minimum Gasteiger partial charge on any atom is -0.427 e. The van der Waals surface area contributed by atoms with Crippen molar-refractivity contribution in [2.75, 3.05) is 25.0 Å². The lowest BCUT2D eigenvalue weighted by Gasteiger charge is -2.24. The van der Waals surface area contributed by atoms with Gasteiger partial charge < -0.3 is 23.8 Å². The van der Waals surface area contributed by atoms with Crippen molar-refractivity contribution in [3.05, 3.63) is 78.4 Å². The number of aromatic nitrogens is 1. The van der Waals surface area contributed by atoms with Crippen LogP contribution in [0.4, 0.5) is 5.69 Å². The van der Waals surface area contributed by atoms with Crippen molar-refractivity contribution < 1.29 is 28.7 Å². The molecule has 0 unspecified atom stereocenters. The number of esters is 2. The van der Waals surface area contributed by atoms with Crippen LogP contribution in [0.2, 0.25) is 0 Å². The normalized spacial score (nSPS) is 10.9. The molecular formula is C38H45N3O6. The highest BCUT2D eigenvalue weighted by molar-refractivity contribution is 6.10. The van der Waals surface area contributed by atoms with Gasteiger partial charge in [-0.1, -0.05) is 50.1 Å². The number of carbonyl (C=O) groups excluding carboxylic acids is 4. The van der Waals surface area contributed by atoms with Crippen LogP contribution in [0.15, 0.2) is 72.8 Å². The quantitative estimate of drug-likeness (QED) is 0.0765. The third kappa shape index (κ3) is 9.31. The molecule has 0 saturated heterocycles. The van der Waals surface area contributed by atoms with Crippen molar-refractivity contribution in [1.29, 1.82) is 0 Å². The Morgan fingerprint density at radius 2 is 1.40 bits per heavy atom. The number of amides is 2. The molecule has 0 aliphatic carbocycles. The summed E-state index contributed by atoms with van der Waals surface area (Å²) in [6.45, 7) is 8.10. The van der Waals surface area contributed by atoms with Gasteiger partial charge in [-0.05, 0) is 67.3 Å². The number of unbranched alkanes of at least 4 members (excludes halogenated alkanes) is 3. The van der Waals surface area contributed by atoms with E-state index in [-0.39, 0.29) is 11.8 Å². The second kappa shape index (κ2) is 16.6. The zero-order valence-corrected chi connectivity index (χ0v) is 28.1. The van der Waals surface area contributed by atoms with E-state index < -0.39 is 11.9 Å². The van der Waals surface area contributed by atoms with Gasteiger partial charge in [-0.15, -0.1) is 0 Å². The average molecular weight is 640 g/mol. The maximum atomic E-state index is 13.5. The minimum atomic E-state index is -0.436. The predicted molar refractivity (Wildman–Crippen MR) is 185 cm³/mol. The Hall–Kier alpha value is -4.92. The summed E-state index contributed by atoms with van der Waals surface area (Å²) < 4.78 is 13.0. The number of anilines is 1. The molecule has 0 saturated carbocycles. The van der Waals surface area contributed by atoms with Crippen LogP contribution >= 0.6 is 0 Å². The third-order valence-electron chi connectivity index (χ3n) is 8.04. The molecule has 4 rings (SSSR count). The zero-order chi connectivity index (χ0) is 33.9. The van der Waals surface area contributed by atoms with Crippen LogP contribution < -0.4 is 14.4 Å². The Morgan fingerprint density at radius 3 is 2.04 bits per heavy atom. The minimum absolute atomic E-state index is 0.130. The smallest absolute Gasteiger partial charge is 0.308 e. The van der Waals surface area contributed by atoms with Crippen molar-refractivity contribution in [3.63, 3.8) is 0 Å². The molecule has 2 amide bonds. The van der Waals surface area contributed by atoms with E-state index in [9.17, 15) is 19.2 Å². The summed E-state index contributed by atoms with van der Waals surface area (Å²) in [4.78, 5) is 53.1. The monoisotopic (exact) mass is 639 g/mol. The van der Waals surface area contributed by atoms with Crippen LogP contribution in [0.5, 0.6) is 11.5 Å². The predicted octanol–water partition coefficient (Wildman–Crippen LogP) is 7.38. The van der Waals surface area contributed by atoms with E-state index in [1.165, 1.54) is 13.8 Å². The van der Waals surface area contributed by atoms with Gasteiger partial charge in [0.2, 0.25) is 11.8 Å². The lowest BCUT2D eigenvalue weighted by Crippen LogP contribution is -2.30. The second-order valence-corrected chi connectivity index (χ2v) is 11.8. The molecule has 0 N–H and O–H groups in total. The summed E-state index contributed by atoms with van der Waals surface area (Å²) in [6, 6.07) is 22.8. The van der Waals surface area contributed by atoms with Gasteiger partial charge in [-0.2, -0.15) is 0 Å². The largest absolute Gasteiger partial charge is 0.427 e. The Kier molecular flexibility index (Phi) is 12.3. The van der Waals surface area contributed by atoms with Gasteiger partial charge in [-0.25, -0.2) is 0 Å². The molecule has 3 aromatic carbocycles. The Balaban J connectivity index is 1.77. The zero-order valence-electron chi connectivity index (χ0n) is 28.1. The van der Waals surface area contributed by atoms with E-state index >= 15 is 0 Å². The number of hydrogen-bond acceptors (Lipinski definition) is 6. The molecule has 0 fully saturated rings. The summed E-state index contributed by atoms with van der Waals surface area (Å²) in [6.07, 6.45) is 4.72. The van der Waals surface area contributed by atoms with Crippen LogP contribution in [0.1, 0.15) is 71.8 Å². The standard InChI is InChI=1S/C38H45N3O6/c1-6-7-23-39(5)36(45)16-12-9-13-24-40(27(2)42)38-34-25-33(47-29(4)44)21-22-35(34)41(26-30-14-10-8-11-15-30)37(38)31-17-19-32(20-18-31)46-28(3)43/h8,10-11,14-15,17-22,25H,6-7,9,12-13,16,23-24,26H2,1-5H3. The molecule has 47 heavy (non-hydrogen) atoms. The summed E-state index contributed by atoms with van der Waals surface area (Å²) >= 11 is 0. The Bertz CT molecular complexity index is 1690. The number of ether oxygens (including phenoxy) is 2. The van der Waals surface area contributed by atoms with Gasteiger partial charge >= 0.3 is 11.9 Å². The maximum absolute atomic E-state index is 13.5. The molecule has 0 aliphatic heterocycles. The molecule has 0 spiro atoms. The first kappa shape index (κ1) is 34.9. The molecule has 0 radical (unpaired) electrons. The van der Waals surface area contributed by atoms with Crippen LogP contribution in [0, 0.1) is 0 Å². The number of rotatable bonds is 15. The van der Waals surface area contributed by atoms with E-state index in [0.29, 0.717) is 43.1 Å². The lowest BCUT2D eigenvalue weighted by molar-refractivity contribution is -0.132. The molecule has 1 heterocycles. The molecule has 9 heteroatoms. The van der Waals surface area contributed by atoms with Crippen LogP contribution in [-0.2, 0) is 25.7 Å². The van der Waals surface area contributed by atoms with E-state index in [1.807, 2.05) is 49.5 Å². The average Bonchev–Trinajstić information content (AvgIpc) is 3.34. The van der Waals surface area contributed by atoms with Gasteiger partial charge in [0, 0.05) is 64.8 Å². The van der Waals surface area contributed by atoms with Gasteiger partial charge in [0.15, 0.2) is 0 Å². The van der Waals surface area contributed by atoms with Crippen LogP contribution in [0.25, 0.3) is 22.2 Å². The highest BCUT2D eigenvalue weighted by Crippen LogP contribution is 2.43. The van der Waals surface area contributed by atoms with E-state index in [2.05, 4.69) is 23.6 Å². The van der Waals surface area contributed by atoms with Crippen LogP contribution in [-0.4, -0.2) is 53.4 Å². The van der Waals surface area contributed by atoms with Crippen molar-refractivity contribution in [3.8, 4) is 22.8 Å². The summed E-state index contributed by atoms with van der Waals surface area (Å²) in [5, 5.41) is 0.765. The molecule has 248 valence electrons. The first-order valence-corrected chi connectivity index (χ1v) is 16.3. The molecule has 0 aliphatic rings. The van der Waals surface area contributed by atoms with Gasteiger partial charge in [0.25, 0.3) is 0 Å². The fourth-order valence-corrected chi connectivity index (χ4v) is 5.75. The highest BCUT2D eigenvalue weighted by Gasteiger charge is 2.26. The number of hydrogen-bond donors (Lipinski definition) is 0. The molecule has 4 aromatic rings. The fraction of sp³-hybridized carbons (Fsp3) is 0.368. The number of fused-ring (bicyclic) bond motifs is 1. The molecular weight excluding hydrogens is 594 g/mol. The number of carbonyl (C=O) groups is 4. The molecule has 0 bridgehead atoms. The first-order valence-electron chi connectivity index (χ1n) is 16.3. The molecule has 0 atom stereocenters. The number of nitrogens with zero attached hydrogens (tertiary/aromatic N) is 3. The van der Waals surface area contributed by atoms with E-state index in [0.717, 1.165) is 60.0 Å². The Labute approximate surface area is 277 Å². The van der Waals surface area contributed by atoms with Crippen molar-refractivity contribution in [2.45, 2.75) is 72.8 Å². The van der Waals surface area contributed by atoms with Gasteiger partial charge in [-0.3, -0.25) is 19.2 Å². The second-order valence-electron chi connectivity index (χ2n) is 11.8. The summed E-state index contributed by atoms with van der Waals surface area (Å²) in [5.74, 6) is -0.0305. The highest BCUT2D eigenvalue weighted by atomic mass is 16.5. The Morgan fingerprint density at radius 1 is 0.745 bits per heavy atom. The van der Waals surface area contributed by atoms with Gasteiger partial charge in [0.1, 0.15) is 11.5 Å². The van der Waals surface area contributed by atoms with Crippen molar-refractivity contribution in [1.82, 2.24) is 9.47 Å². The summed E-state index contributed by atoms with van der Waals surface area (Å²) in [7, 11) is 1.85. The van der Waals surface area contributed by atoms with Crippen molar-refractivity contribution >= 4 is 40.3 Å². The maximum Gasteiger partial charge on any atom is 0.308 e. The van der Waals surface area contributed by atoms with E-state index in [1.54, 1.807) is 34.9 Å². The lowest BCUT2D eigenvalue weighted by atomic mass is 10.1.